The van der Waals surface area contributed by atoms with Crippen LogP contribution in [0.4, 0.5) is 5.69 Å². The number of aryl methyl sites for hydroxylation is 1. The highest BCUT2D eigenvalue weighted by Crippen LogP contribution is 2.23. The van der Waals surface area contributed by atoms with Crippen LogP contribution in [0.3, 0.4) is 0 Å². The second-order valence-corrected chi connectivity index (χ2v) is 5.89. The molecule has 1 N–H and O–H groups in total. The van der Waals surface area contributed by atoms with Crippen LogP contribution in [-0.4, -0.2) is 40.3 Å². The fraction of sp³-hybridized carbons (Fsp3) is 0.333. The zero-order valence-corrected chi connectivity index (χ0v) is 15.2. The Balaban J connectivity index is 2.28. The molecule has 1 aromatic carbocycles. The van der Waals surface area contributed by atoms with Crippen molar-refractivity contribution in [2.75, 3.05) is 13.7 Å². The minimum Gasteiger partial charge on any atom is -0.462 e. The number of aromatic amines is 1. The Hall–Kier alpha value is -3.16. The van der Waals surface area contributed by atoms with Crippen molar-refractivity contribution in [3.8, 4) is 0 Å². The number of para-hydroxylation sites is 1. The van der Waals surface area contributed by atoms with Crippen LogP contribution in [0, 0.1) is 24.0 Å². The second-order valence-electron chi connectivity index (χ2n) is 5.89. The molecule has 2 rings (SSSR count). The Morgan fingerprint density at radius 1 is 1.27 bits per heavy atom. The number of nitrogens with one attached hydrogen (secondary N) is 1. The maximum atomic E-state index is 12.8. The van der Waals surface area contributed by atoms with E-state index in [4.69, 9.17) is 4.74 Å². The van der Waals surface area contributed by atoms with Crippen molar-refractivity contribution < 1.29 is 19.2 Å². The third-order valence-electron chi connectivity index (χ3n) is 4.07. The van der Waals surface area contributed by atoms with Crippen LogP contribution < -0.4 is 0 Å². The number of carbonyl (C=O) groups excluding carboxylic acids is 2. The summed E-state index contributed by atoms with van der Waals surface area (Å²) in [6.07, 6.45) is 0. The highest BCUT2D eigenvalue weighted by atomic mass is 16.6. The van der Waals surface area contributed by atoms with E-state index in [2.05, 4.69) is 4.98 Å². The fourth-order valence-electron chi connectivity index (χ4n) is 2.81. The number of nitrogens with zero attached hydrogens (tertiary/aromatic N) is 2. The fourth-order valence-corrected chi connectivity index (χ4v) is 2.81. The van der Waals surface area contributed by atoms with Gasteiger partial charge in [0.1, 0.15) is 5.69 Å². The van der Waals surface area contributed by atoms with Crippen molar-refractivity contribution in [1.29, 1.82) is 0 Å². The first kappa shape index (κ1) is 19.2. The van der Waals surface area contributed by atoms with E-state index in [9.17, 15) is 19.7 Å². The Labute approximate surface area is 150 Å². The Morgan fingerprint density at radius 3 is 2.54 bits per heavy atom. The van der Waals surface area contributed by atoms with Gasteiger partial charge in [0.25, 0.3) is 11.6 Å². The lowest BCUT2D eigenvalue weighted by molar-refractivity contribution is -0.385. The van der Waals surface area contributed by atoms with Gasteiger partial charge >= 0.3 is 5.97 Å². The highest BCUT2D eigenvalue weighted by Gasteiger charge is 2.25. The average Bonchev–Trinajstić information content (AvgIpc) is 2.89. The molecule has 138 valence electrons. The summed E-state index contributed by atoms with van der Waals surface area (Å²) in [7, 11) is 1.55. The zero-order valence-electron chi connectivity index (χ0n) is 15.2. The van der Waals surface area contributed by atoms with Crippen molar-refractivity contribution in [1.82, 2.24) is 9.88 Å². The molecule has 0 unspecified atom stereocenters. The van der Waals surface area contributed by atoms with Gasteiger partial charge in [-0.25, -0.2) is 4.79 Å². The first-order chi connectivity index (χ1) is 12.3. The lowest BCUT2D eigenvalue weighted by atomic mass is 10.1. The monoisotopic (exact) mass is 359 g/mol. The number of ether oxygens (including phenoxy) is 1. The number of carbonyl (C=O) groups is 2. The number of hydrogen-bond acceptors (Lipinski definition) is 5. The van der Waals surface area contributed by atoms with Crippen LogP contribution in [0.25, 0.3) is 0 Å². The number of esters is 1. The third-order valence-corrected chi connectivity index (χ3v) is 4.07. The molecule has 0 aliphatic heterocycles. The predicted octanol–water partition coefficient (Wildman–Crippen LogP) is 2.99. The smallest absolute Gasteiger partial charge is 0.340 e. The van der Waals surface area contributed by atoms with Crippen LogP contribution in [0.2, 0.25) is 0 Å². The summed E-state index contributed by atoms with van der Waals surface area (Å²) in [5, 5.41) is 11.1. The average molecular weight is 359 g/mol. The van der Waals surface area contributed by atoms with E-state index in [1.54, 1.807) is 46.0 Å². The largest absolute Gasteiger partial charge is 0.462 e. The first-order valence-electron chi connectivity index (χ1n) is 8.11. The molecule has 0 fully saturated rings. The van der Waals surface area contributed by atoms with E-state index in [0.717, 1.165) is 0 Å². The summed E-state index contributed by atoms with van der Waals surface area (Å²) in [5.74, 6) is -0.849. The molecule has 8 nitrogen and oxygen atoms in total. The number of nitro benzene ring substituents is 1. The van der Waals surface area contributed by atoms with E-state index < -0.39 is 10.9 Å². The minimum atomic E-state index is -0.487. The molecular weight excluding hydrogens is 338 g/mol. The maximum Gasteiger partial charge on any atom is 0.340 e. The molecule has 0 aliphatic carbocycles. The molecule has 1 aromatic heterocycles. The molecule has 0 atom stereocenters. The third kappa shape index (κ3) is 3.74. The first-order valence-corrected chi connectivity index (χ1v) is 8.11. The van der Waals surface area contributed by atoms with Crippen molar-refractivity contribution >= 4 is 17.6 Å². The summed E-state index contributed by atoms with van der Waals surface area (Å²) in [6, 6.07) is 6.27. The topological polar surface area (TPSA) is 106 Å². The van der Waals surface area contributed by atoms with Crippen LogP contribution in [-0.2, 0) is 11.3 Å². The molecule has 0 saturated carbocycles. The normalized spacial score (nSPS) is 10.5. The van der Waals surface area contributed by atoms with Gasteiger partial charge in [0.2, 0.25) is 0 Å². The number of nitro groups is 1. The van der Waals surface area contributed by atoms with E-state index >= 15 is 0 Å². The van der Waals surface area contributed by atoms with Gasteiger partial charge in [-0.3, -0.25) is 14.9 Å². The van der Waals surface area contributed by atoms with Crippen molar-refractivity contribution in [3.05, 3.63) is 62.5 Å². The van der Waals surface area contributed by atoms with Crippen LogP contribution in [0.15, 0.2) is 24.3 Å². The molecule has 2 aromatic rings. The molecule has 0 radical (unpaired) electrons. The lowest BCUT2D eigenvalue weighted by Crippen LogP contribution is -2.27. The van der Waals surface area contributed by atoms with Gasteiger partial charge in [-0.15, -0.1) is 0 Å². The molecular formula is C18H21N3O5. The summed E-state index contributed by atoms with van der Waals surface area (Å²) in [4.78, 5) is 39.8. The van der Waals surface area contributed by atoms with Crippen molar-refractivity contribution in [3.63, 3.8) is 0 Å². The highest BCUT2D eigenvalue weighted by molar-refractivity contribution is 6.00. The van der Waals surface area contributed by atoms with E-state index in [-0.39, 0.29) is 30.4 Å². The second kappa shape index (κ2) is 7.81. The quantitative estimate of drug-likeness (QED) is 0.485. The molecule has 1 heterocycles. The van der Waals surface area contributed by atoms with Crippen molar-refractivity contribution in [2.45, 2.75) is 27.3 Å². The molecule has 0 bridgehead atoms. The summed E-state index contributed by atoms with van der Waals surface area (Å²) < 4.78 is 5.02. The number of rotatable bonds is 6. The van der Waals surface area contributed by atoms with Gasteiger partial charge in [-0.1, -0.05) is 18.2 Å². The molecule has 0 saturated heterocycles. The maximum absolute atomic E-state index is 12.8. The lowest BCUT2D eigenvalue weighted by Gasteiger charge is -2.17. The summed E-state index contributed by atoms with van der Waals surface area (Å²) >= 11 is 0. The molecule has 8 heteroatoms. The number of amides is 1. The molecule has 0 aliphatic rings. The standard InChI is InChI=1S/C18H21N3O5/c1-5-26-18(23)15-11(2)16(19-12(15)3)17(22)20(4)10-13-8-6-7-9-14(13)21(24)25/h6-9,19H,5,10H2,1-4H3. The SMILES string of the molecule is CCOC(=O)c1c(C)[nH]c(C(=O)N(C)Cc2ccccc2[N+](=O)[O-])c1C. The Morgan fingerprint density at radius 2 is 1.92 bits per heavy atom. The molecule has 26 heavy (non-hydrogen) atoms. The number of aromatic nitrogens is 1. The minimum absolute atomic E-state index is 0.0428. The van der Waals surface area contributed by atoms with Gasteiger partial charge in [-0.2, -0.15) is 0 Å². The summed E-state index contributed by atoms with van der Waals surface area (Å²) in [5.41, 5.74) is 2.04. The molecule has 1 amide bonds. The van der Waals surface area contributed by atoms with Crippen LogP contribution >= 0.6 is 0 Å². The Kier molecular flexibility index (Phi) is 5.76. The van der Waals surface area contributed by atoms with E-state index in [1.165, 1.54) is 11.0 Å². The number of benzene rings is 1. The van der Waals surface area contributed by atoms with Crippen LogP contribution in [0.1, 0.15) is 44.6 Å². The predicted molar refractivity (Wildman–Crippen MR) is 95.1 cm³/mol. The van der Waals surface area contributed by atoms with Crippen LogP contribution in [0.5, 0.6) is 0 Å². The van der Waals surface area contributed by atoms with E-state index in [1.807, 2.05) is 0 Å². The van der Waals surface area contributed by atoms with Gasteiger partial charge < -0.3 is 14.6 Å². The number of H-pyrrole nitrogens is 1. The van der Waals surface area contributed by atoms with Gasteiger partial charge in [0.05, 0.1) is 23.6 Å². The number of hydrogen-bond donors (Lipinski definition) is 1. The van der Waals surface area contributed by atoms with E-state index in [0.29, 0.717) is 22.4 Å². The van der Waals surface area contributed by atoms with Gasteiger partial charge in [-0.05, 0) is 26.3 Å². The zero-order chi connectivity index (χ0) is 19.4. The Bertz CT molecular complexity index is 857. The van der Waals surface area contributed by atoms with Crippen molar-refractivity contribution in [2.24, 2.45) is 0 Å². The van der Waals surface area contributed by atoms with Gasteiger partial charge in [0, 0.05) is 24.4 Å². The molecule has 0 spiro atoms. The summed E-state index contributed by atoms with van der Waals surface area (Å²) in [6.45, 7) is 5.38. The van der Waals surface area contributed by atoms with Gasteiger partial charge in [0.15, 0.2) is 0 Å².